The van der Waals surface area contributed by atoms with E-state index in [0.717, 1.165) is 0 Å². The highest BCUT2D eigenvalue weighted by Gasteiger charge is 2.13. The van der Waals surface area contributed by atoms with E-state index in [4.69, 9.17) is 27.6 Å². The fourth-order valence-corrected chi connectivity index (χ4v) is 2.33. The molecule has 0 radical (unpaired) electrons. The maximum Gasteiger partial charge on any atom is 0.245 e. The number of benzene rings is 1. The van der Waals surface area contributed by atoms with Crippen LogP contribution in [0.1, 0.15) is 5.76 Å². The van der Waals surface area contributed by atoms with Crippen molar-refractivity contribution >= 4 is 58.0 Å². The predicted molar refractivity (Wildman–Crippen MR) is 97.1 cm³/mol. The number of anilines is 3. The number of halogens is 2. The zero-order valence-electron chi connectivity index (χ0n) is 12.8. The van der Waals surface area contributed by atoms with Crippen molar-refractivity contribution in [1.29, 1.82) is 0 Å². The number of aromatic nitrogens is 4. The number of rotatable bonds is 5. The van der Waals surface area contributed by atoms with Crippen LogP contribution in [-0.2, 0) is 0 Å². The minimum atomic E-state index is 0.236. The lowest BCUT2D eigenvalue weighted by Gasteiger charge is -2.09. The van der Waals surface area contributed by atoms with Crippen molar-refractivity contribution in [3.05, 3.63) is 52.4 Å². The molecule has 0 amide bonds. The quantitative estimate of drug-likeness (QED) is 0.387. The second-order valence-electron chi connectivity index (χ2n) is 4.97. The SMILES string of the molecule is Clc1ccc(Nc2nc3nonc3nc2NN=Cc2ccco2)cc1Cl. The molecule has 0 aliphatic rings. The summed E-state index contributed by atoms with van der Waals surface area (Å²) in [5.74, 6) is 1.24. The summed E-state index contributed by atoms with van der Waals surface area (Å²) >= 11 is 12.0. The van der Waals surface area contributed by atoms with Crippen LogP contribution in [0.5, 0.6) is 0 Å². The summed E-state index contributed by atoms with van der Waals surface area (Å²) in [7, 11) is 0. The van der Waals surface area contributed by atoms with Gasteiger partial charge in [-0.05, 0) is 40.6 Å². The molecular weight excluding hydrogens is 381 g/mol. The molecule has 9 nitrogen and oxygen atoms in total. The van der Waals surface area contributed by atoms with E-state index in [1.165, 1.54) is 6.21 Å². The minimum Gasteiger partial charge on any atom is -0.463 e. The van der Waals surface area contributed by atoms with E-state index in [-0.39, 0.29) is 11.3 Å². The number of hydrogen-bond donors (Lipinski definition) is 2. The predicted octanol–water partition coefficient (Wildman–Crippen LogP) is 4.10. The number of nitrogens with one attached hydrogen (secondary N) is 2. The number of hydrogen-bond acceptors (Lipinski definition) is 9. The summed E-state index contributed by atoms with van der Waals surface area (Å²) in [6, 6.07) is 8.59. The molecule has 11 heteroatoms. The fraction of sp³-hybridized carbons (Fsp3) is 0. The third-order valence-electron chi connectivity index (χ3n) is 3.20. The first kappa shape index (κ1) is 16.3. The molecule has 4 aromatic rings. The van der Waals surface area contributed by atoms with Gasteiger partial charge in [-0.3, -0.25) is 5.43 Å². The molecule has 130 valence electrons. The Morgan fingerprint density at radius 3 is 2.54 bits per heavy atom. The Morgan fingerprint density at radius 2 is 1.81 bits per heavy atom. The van der Waals surface area contributed by atoms with Gasteiger partial charge in [-0.1, -0.05) is 23.2 Å². The molecule has 0 aliphatic carbocycles. The van der Waals surface area contributed by atoms with Crippen molar-refractivity contribution in [2.24, 2.45) is 5.10 Å². The number of nitrogens with zero attached hydrogens (tertiary/aromatic N) is 5. The van der Waals surface area contributed by atoms with Crippen LogP contribution in [0.25, 0.3) is 11.3 Å². The van der Waals surface area contributed by atoms with Crippen LogP contribution in [0.15, 0.2) is 50.7 Å². The van der Waals surface area contributed by atoms with Crippen LogP contribution in [0.2, 0.25) is 10.0 Å². The zero-order valence-corrected chi connectivity index (χ0v) is 14.4. The van der Waals surface area contributed by atoms with Crippen molar-refractivity contribution in [1.82, 2.24) is 20.3 Å². The van der Waals surface area contributed by atoms with Crippen molar-refractivity contribution < 1.29 is 9.05 Å². The monoisotopic (exact) mass is 389 g/mol. The molecule has 2 N–H and O–H groups in total. The van der Waals surface area contributed by atoms with E-state index in [1.807, 2.05) is 0 Å². The van der Waals surface area contributed by atoms with Gasteiger partial charge in [0.1, 0.15) is 5.76 Å². The molecule has 0 unspecified atom stereocenters. The Labute approximate surface area is 156 Å². The van der Waals surface area contributed by atoms with E-state index in [0.29, 0.717) is 33.1 Å². The first-order valence-electron chi connectivity index (χ1n) is 7.24. The maximum atomic E-state index is 6.04. The molecule has 0 bridgehead atoms. The highest BCUT2D eigenvalue weighted by molar-refractivity contribution is 6.42. The fourth-order valence-electron chi connectivity index (χ4n) is 2.04. The van der Waals surface area contributed by atoms with Crippen molar-refractivity contribution in [2.45, 2.75) is 0 Å². The first-order valence-corrected chi connectivity index (χ1v) is 7.99. The highest BCUT2D eigenvalue weighted by Crippen LogP contribution is 2.29. The third-order valence-corrected chi connectivity index (χ3v) is 3.94. The number of hydrazone groups is 1. The molecule has 1 aromatic carbocycles. The summed E-state index contributed by atoms with van der Waals surface area (Å²) < 4.78 is 9.82. The number of fused-ring (bicyclic) bond motifs is 1. The van der Waals surface area contributed by atoms with Crippen LogP contribution in [-0.4, -0.2) is 26.5 Å². The normalized spacial score (nSPS) is 11.3. The Morgan fingerprint density at radius 1 is 1.00 bits per heavy atom. The van der Waals surface area contributed by atoms with Crippen LogP contribution in [0.4, 0.5) is 17.3 Å². The average molecular weight is 390 g/mol. The summed E-state index contributed by atoms with van der Waals surface area (Å²) in [6.45, 7) is 0. The third kappa shape index (κ3) is 3.44. The summed E-state index contributed by atoms with van der Waals surface area (Å²) in [4.78, 5) is 8.60. The highest BCUT2D eigenvalue weighted by atomic mass is 35.5. The Hall–Kier alpha value is -3.17. The van der Waals surface area contributed by atoms with E-state index >= 15 is 0 Å². The van der Waals surface area contributed by atoms with Gasteiger partial charge < -0.3 is 9.73 Å². The lowest BCUT2D eigenvalue weighted by atomic mass is 10.3. The Kier molecular flexibility index (Phi) is 4.38. The second kappa shape index (κ2) is 6.98. The maximum absolute atomic E-state index is 6.04. The van der Waals surface area contributed by atoms with Gasteiger partial charge in [0, 0.05) is 5.69 Å². The molecular formula is C15H9Cl2N7O2. The molecule has 0 saturated carbocycles. The molecule has 0 atom stereocenters. The summed E-state index contributed by atoms with van der Waals surface area (Å²) in [5.41, 5.74) is 3.92. The van der Waals surface area contributed by atoms with Crippen molar-refractivity contribution in [3.63, 3.8) is 0 Å². The van der Waals surface area contributed by atoms with Crippen LogP contribution in [0, 0.1) is 0 Å². The topological polar surface area (TPSA) is 114 Å². The average Bonchev–Trinajstić information content (AvgIpc) is 3.29. The molecule has 0 spiro atoms. The molecule has 0 saturated heterocycles. The van der Waals surface area contributed by atoms with Crippen molar-refractivity contribution in [3.8, 4) is 0 Å². The van der Waals surface area contributed by atoms with Crippen molar-refractivity contribution in [2.75, 3.05) is 10.7 Å². The van der Waals surface area contributed by atoms with E-state index in [9.17, 15) is 0 Å². The van der Waals surface area contributed by atoms with E-state index in [2.05, 4.69) is 40.8 Å². The zero-order chi connectivity index (χ0) is 17.9. The molecule has 4 rings (SSSR count). The largest absolute Gasteiger partial charge is 0.463 e. The van der Waals surface area contributed by atoms with Gasteiger partial charge in [0.15, 0.2) is 11.6 Å². The lowest BCUT2D eigenvalue weighted by Crippen LogP contribution is -2.03. The van der Waals surface area contributed by atoms with Gasteiger partial charge in [0.05, 0.1) is 22.5 Å². The van der Waals surface area contributed by atoms with E-state index in [1.54, 1.807) is 36.6 Å². The van der Waals surface area contributed by atoms with Crippen LogP contribution < -0.4 is 10.7 Å². The lowest BCUT2D eigenvalue weighted by molar-refractivity contribution is 0.314. The standard InChI is InChI=1S/C15H9Cl2N7O2/c16-10-4-3-8(6-11(10)17)19-12-13(21-15-14(20-12)23-26-24-15)22-18-7-9-2-1-5-25-9/h1-7H,(H,19,20,23)(H,21,22,24). The molecule has 0 fully saturated rings. The number of furan rings is 1. The first-order chi connectivity index (χ1) is 12.7. The molecule has 26 heavy (non-hydrogen) atoms. The molecule has 3 heterocycles. The minimum absolute atomic E-state index is 0.236. The van der Waals surface area contributed by atoms with Gasteiger partial charge in [-0.15, -0.1) is 0 Å². The van der Waals surface area contributed by atoms with Gasteiger partial charge in [-0.25, -0.2) is 9.61 Å². The van der Waals surface area contributed by atoms with Gasteiger partial charge in [0.25, 0.3) is 0 Å². The second-order valence-corrected chi connectivity index (χ2v) is 5.79. The van der Waals surface area contributed by atoms with Crippen LogP contribution in [0.3, 0.4) is 0 Å². The van der Waals surface area contributed by atoms with Gasteiger partial charge >= 0.3 is 0 Å². The smallest absolute Gasteiger partial charge is 0.245 e. The summed E-state index contributed by atoms with van der Waals surface area (Å²) in [6.07, 6.45) is 3.04. The molecule has 0 aliphatic heterocycles. The van der Waals surface area contributed by atoms with E-state index < -0.39 is 0 Å². The summed E-state index contributed by atoms with van der Waals surface area (Å²) in [5, 5.41) is 15.4. The molecule has 3 aromatic heterocycles. The van der Waals surface area contributed by atoms with Crippen LogP contribution >= 0.6 is 23.2 Å². The van der Waals surface area contributed by atoms with Gasteiger partial charge in [-0.2, -0.15) is 10.1 Å². The Balaban J connectivity index is 1.65. The van der Waals surface area contributed by atoms with Gasteiger partial charge in [0.2, 0.25) is 11.3 Å². The Bertz CT molecular complexity index is 1080.